The third-order valence-electron chi connectivity index (χ3n) is 4.23. The van der Waals surface area contributed by atoms with Crippen LogP contribution in [0.3, 0.4) is 0 Å². The topological polar surface area (TPSA) is 90.7 Å². The minimum Gasteiger partial charge on any atom is -0.483 e. The molecule has 2 amide bonds. The summed E-state index contributed by atoms with van der Waals surface area (Å²) in [6.45, 7) is 3.05. The Balaban J connectivity index is 1.78. The van der Waals surface area contributed by atoms with Gasteiger partial charge in [0.05, 0.1) is 12.6 Å². The predicted molar refractivity (Wildman–Crippen MR) is 98.0 cm³/mol. The smallest absolute Gasteiger partial charge is 0.255 e. The molecule has 6 heteroatoms. The average Bonchev–Trinajstić information content (AvgIpc) is 3.13. The molecule has 136 valence electrons. The summed E-state index contributed by atoms with van der Waals surface area (Å²) in [6, 6.07) is 13.1. The maximum absolute atomic E-state index is 12.3. The number of benzene rings is 2. The number of rotatable bonds is 6. The Bertz CT molecular complexity index is 796. The van der Waals surface area contributed by atoms with Gasteiger partial charge in [0.2, 0.25) is 0 Å². The number of carbonyl (C=O) groups excluding carboxylic acids is 2. The third-order valence-corrected chi connectivity index (χ3v) is 4.23. The largest absolute Gasteiger partial charge is 0.483 e. The highest BCUT2D eigenvalue weighted by Gasteiger charge is 2.18. The molecule has 3 N–H and O–H groups in total. The van der Waals surface area contributed by atoms with E-state index in [4.69, 9.17) is 15.2 Å². The summed E-state index contributed by atoms with van der Waals surface area (Å²) in [4.78, 5) is 23.3. The highest BCUT2D eigenvalue weighted by molar-refractivity contribution is 5.95. The highest BCUT2D eigenvalue weighted by atomic mass is 16.5. The van der Waals surface area contributed by atoms with Crippen molar-refractivity contribution in [2.24, 2.45) is 5.73 Å². The molecule has 1 fully saturated rings. The van der Waals surface area contributed by atoms with Crippen LogP contribution in [0.25, 0.3) is 11.1 Å². The standard InChI is InChI=1S/C20H22N2O4/c1-13-2-7-18(26-12-19(21)23)17(10-13)14-3-5-15(6-4-14)20(24)22-16-8-9-25-11-16/h2-7,10,16H,8-9,11-12H2,1H3,(H2,21,23)(H,22,24)/t16-/m1/s1. The summed E-state index contributed by atoms with van der Waals surface area (Å²) in [5.41, 5.74) is 8.56. The zero-order valence-electron chi connectivity index (χ0n) is 14.7. The molecule has 0 aliphatic carbocycles. The van der Waals surface area contributed by atoms with E-state index < -0.39 is 5.91 Å². The Morgan fingerprint density at radius 3 is 2.65 bits per heavy atom. The van der Waals surface area contributed by atoms with E-state index in [9.17, 15) is 9.59 Å². The first-order valence-electron chi connectivity index (χ1n) is 8.54. The summed E-state index contributed by atoms with van der Waals surface area (Å²) >= 11 is 0. The first-order valence-corrected chi connectivity index (χ1v) is 8.54. The van der Waals surface area contributed by atoms with Crippen molar-refractivity contribution >= 4 is 11.8 Å². The first-order chi connectivity index (χ1) is 12.5. The molecule has 1 aliphatic heterocycles. The number of amides is 2. The molecule has 1 heterocycles. The Morgan fingerprint density at radius 1 is 1.23 bits per heavy atom. The fraction of sp³-hybridized carbons (Fsp3) is 0.300. The summed E-state index contributed by atoms with van der Waals surface area (Å²) in [5.74, 6) is -0.0596. The van der Waals surface area contributed by atoms with Crippen molar-refractivity contribution in [3.8, 4) is 16.9 Å². The minimum atomic E-state index is -0.528. The van der Waals surface area contributed by atoms with Gasteiger partial charge in [-0.15, -0.1) is 0 Å². The van der Waals surface area contributed by atoms with E-state index in [0.717, 1.165) is 23.1 Å². The number of ether oxygens (including phenoxy) is 2. The molecule has 0 radical (unpaired) electrons. The number of hydrogen-bond acceptors (Lipinski definition) is 4. The van der Waals surface area contributed by atoms with Crippen LogP contribution >= 0.6 is 0 Å². The lowest BCUT2D eigenvalue weighted by molar-refractivity contribution is -0.119. The molecule has 26 heavy (non-hydrogen) atoms. The zero-order chi connectivity index (χ0) is 18.5. The second-order valence-electron chi connectivity index (χ2n) is 6.37. The van der Waals surface area contributed by atoms with E-state index in [1.165, 1.54) is 0 Å². The van der Waals surface area contributed by atoms with Crippen molar-refractivity contribution in [3.63, 3.8) is 0 Å². The van der Waals surface area contributed by atoms with Crippen LogP contribution in [-0.2, 0) is 9.53 Å². The molecule has 2 aromatic carbocycles. The molecule has 0 aromatic heterocycles. The molecule has 1 saturated heterocycles. The van der Waals surface area contributed by atoms with Gasteiger partial charge in [0.15, 0.2) is 6.61 Å². The molecular formula is C20H22N2O4. The number of nitrogens with one attached hydrogen (secondary N) is 1. The second-order valence-corrected chi connectivity index (χ2v) is 6.37. The van der Waals surface area contributed by atoms with E-state index >= 15 is 0 Å². The molecule has 1 aliphatic rings. The molecule has 0 bridgehead atoms. The highest BCUT2D eigenvalue weighted by Crippen LogP contribution is 2.31. The van der Waals surface area contributed by atoms with E-state index in [1.54, 1.807) is 12.1 Å². The summed E-state index contributed by atoms with van der Waals surface area (Å²) in [6.07, 6.45) is 0.841. The Hall–Kier alpha value is -2.86. The molecule has 0 spiro atoms. The van der Waals surface area contributed by atoms with Gasteiger partial charge < -0.3 is 20.5 Å². The van der Waals surface area contributed by atoms with Crippen molar-refractivity contribution in [1.29, 1.82) is 0 Å². The van der Waals surface area contributed by atoms with Crippen LogP contribution in [0, 0.1) is 6.92 Å². The van der Waals surface area contributed by atoms with Gasteiger partial charge in [-0.1, -0.05) is 23.8 Å². The molecule has 0 saturated carbocycles. The van der Waals surface area contributed by atoms with E-state index in [1.807, 2.05) is 37.3 Å². The van der Waals surface area contributed by atoms with Crippen LogP contribution < -0.4 is 15.8 Å². The average molecular weight is 354 g/mol. The fourth-order valence-corrected chi connectivity index (χ4v) is 2.86. The molecule has 2 aromatic rings. The van der Waals surface area contributed by atoms with Gasteiger partial charge in [0.25, 0.3) is 11.8 Å². The number of hydrogen-bond donors (Lipinski definition) is 2. The van der Waals surface area contributed by atoms with Gasteiger partial charge in [-0.2, -0.15) is 0 Å². The third kappa shape index (κ3) is 4.40. The zero-order valence-corrected chi connectivity index (χ0v) is 14.7. The van der Waals surface area contributed by atoms with Gasteiger partial charge in [0, 0.05) is 17.7 Å². The second kappa shape index (κ2) is 8.01. The summed E-state index contributed by atoms with van der Waals surface area (Å²) in [5, 5.41) is 2.97. The van der Waals surface area contributed by atoms with Crippen LogP contribution in [0.4, 0.5) is 0 Å². The minimum absolute atomic E-state index is 0.0766. The van der Waals surface area contributed by atoms with Gasteiger partial charge in [-0.25, -0.2) is 0 Å². The quantitative estimate of drug-likeness (QED) is 0.831. The molecular weight excluding hydrogens is 332 g/mol. The van der Waals surface area contributed by atoms with E-state index in [-0.39, 0.29) is 18.6 Å². The first kappa shape index (κ1) is 17.9. The van der Waals surface area contributed by atoms with Crippen molar-refractivity contribution in [2.75, 3.05) is 19.8 Å². The van der Waals surface area contributed by atoms with Crippen LogP contribution in [0.2, 0.25) is 0 Å². The SMILES string of the molecule is Cc1ccc(OCC(N)=O)c(-c2ccc(C(=O)N[C@@H]3CCOC3)cc2)c1. The van der Waals surface area contributed by atoms with Gasteiger partial charge >= 0.3 is 0 Å². The van der Waals surface area contributed by atoms with Crippen LogP contribution in [0.5, 0.6) is 5.75 Å². The van der Waals surface area contributed by atoms with Crippen molar-refractivity contribution in [3.05, 3.63) is 53.6 Å². The number of carbonyl (C=O) groups is 2. The Morgan fingerprint density at radius 2 is 2.00 bits per heavy atom. The number of aryl methyl sites for hydroxylation is 1. The fourth-order valence-electron chi connectivity index (χ4n) is 2.86. The maximum Gasteiger partial charge on any atom is 0.255 e. The normalized spacial score (nSPS) is 16.3. The lowest BCUT2D eigenvalue weighted by atomic mass is 10.0. The monoisotopic (exact) mass is 354 g/mol. The molecule has 3 rings (SSSR count). The number of nitrogens with two attached hydrogens (primary N) is 1. The molecule has 1 atom stereocenters. The van der Waals surface area contributed by atoms with Crippen LogP contribution in [0.1, 0.15) is 22.3 Å². The van der Waals surface area contributed by atoms with Gasteiger partial charge in [-0.05, 0) is 43.2 Å². The molecule has 6 nitrogen and oxygen atoms in total. The maximum atomic E-state index is 12.3. The van der Waals surface area contributed by atoms with Crippen molar-refractivity contribution < 1.29 is 19.1 Å². The van der Waals surface area contributed by atoms with Gasteiger partial charge in [0.1, 0.15) is 5.75 Å². The number of primary amides is 1. The summed E-state index contributed by atoms with van der Waals surface area (Å²) < 4.78 is 10.8. The van der Waals surface area contributed by atoms with Crippen molar-refractivity contribution in [2.45, 2.75) is 19.4 Å². The summed E-state index contributed by atoms with van der Waals surface area (Å²) in [7, 11) is 0. The molecule has 0 unspecified atom stereocenters. The lowest BCUT2D eigenvalue weighted by Gasteiger charge is -2.13. The Labute approximate surface area is 152 Å². The van der Waals surface area contributed by atoms with Crippen LogP contribution in [-0.4, -0.2) is 37.7 Å². The van der Waals surface area contributed by atoms with Crippen LogP contribution in [0.15, 0.2) is 42.5 Å². The van der Waals surface area contributed by atoms with Gasteiger partial charge in [-0.3, -0.25) is 9.59 Å². The lowest BCUT2D eigenvalue weighted by Crippen LogP contribution is -2.34. The van der Waals surface area contributed by atoms with E-state index in [2.05, 4.69) is 5.32 Å². The van der Waals surface area contributed by atoms with Crippen molar-refractivity contribution in [1.82, 2.24) is 5.32 Å². The predicted octanol–water partition coefficient (Wildman–Crippen LogP) is 2.04. The Kier molecular flexibility index (Phi) is 5.53. The van der Waals surface area contributed by atoms with E-state index in [0.29, 0.717) is 24.5 Å².